The van der Waals surface area contributed by atoms with Gasteiger partial charge in [-0.2, -0.15) is 0 Å². The van der Waals surface area contributed by atoms with Gasteiger partial charge in [-0.1, -0.05) is 0 Å². The number of halogens is 3. The summed E-state index contributed by atoms with van der Waals surface area (Å²) in [5.41, 5.74) is -3.52. The minimum Gasteiger partial charge on any atom is -0.481 e. The number of rotatable bonds is 4. The molecule has 0 atom stereocenters. The predicted octanol–water partition coefficient (Wildman–Crippen LogP) is 3.36. The van der Waals surface area contributed by atoms with Crippen LogP contribution in [-0.2, 0) is 14.1 Å². The van der Waals surface area contributed by atoms with Crippen molar-refractivity contribution in [2.75, 3.05) is 0 Å². The molecule has 8 heteroatoms. The average molecular weight is 320 g/mol. The summed E-state index contributed by atoms with van der Waals surface area (Å²) in [6.07, 6.45) is -3.98. The first-order chi connectivity index (χ1) is 9.90. The number of carboxylic acids is 1. The number of alkyl halides is 2. The maximum Gasteiger partial charge on any atom is 0.525 e. The monoisotopic (exact) mass is 320 g/mol. The van der Waals surface area contributed by atoms with Gasteiger partial charge in [0.1, 0.15) is 5.73 Å². The van der Waals surface area contributed by atoms with Crippen LogP contribution in [0.4, 0.5) is 13.2 Å². The summed E-state index contributed by atoms with van der Waals surface area (Å²) in [5, 5.41) is 9.12. The molecule has 22 heavy (non-hydrogen) atoms. The number of allylic oxidation sites excluding steroid dienone is 1. The molecule has 0 bridgehead atoms. The minimum atomic E-state index is -2.74. The minimum absolute atomic E-state index is 0.182. The first-order valence-corrected chi connectivity index (χ1v) is 7.15. The van der Waals surface area contributed by atoms with Crippen molar-refractivity contribution in [1.29, 1.82) is 0 Å². The topological polar surface area (TPSA) is 55.8 Å². The maximum atomic E-state index is 14.4. The maximum absolute atomic E-state index is 14.4. The van der Waals surface area contributed by atoms with Crippen LogP contribution in [0.3, 0.4) is 0 Å². The third kappa shape index (κ3) is 2.78. The van der Waals surface area contributed by atoms with Gasteiger partial charge in [0, 0.05) is 6.42 Å². The second-order valence-electron chi connectivity index (χ2n) is 7.07. The first kappa shape index (κ1) is 17.3. The molecular formula is C14H20BF3O4. The number of carboxylic acid groups (broad SMARTS) is 1. The van der Waals surface area contributed by atoms with Crippen molar-refractivity contribution in [3.8, 4) is 0 Å². The van der Waals surface area contributed by atoms with Crippen LogP contribution in [-0.4, -0.2) is 35.8 Å². The van der Waals surface area contributed by atoms with Crippen LogP contribution < -0.4 is 0 Å². The summed E-state index contributed by atoms with van der Waals surface area (Å²) >= 11 is 0. The third-order valence-corrected chi connectivity index (χ3v) is 4.90. The molecule has 0 radical (unpaired) electrons. The smallest absolute Gasteiger partial charge is 0.481 e. The van der Waals surface area contributed by atoms with Gasteiger partial charge in [0.25, 0.3) is 0 Å². The van der Waals surface area contributed by atoms with Crippen LogP contribution in [0.15, 0.2) is 11.3 Å². The standard InChI is InChI=1S/C14H20BF3O4/c1-12(2)13(3,4)22-15(21-12)10(18)8-5-14(6-8,11(19)20)7-9(16)17/h9H,5-7H2,1-4H3,(H,19,20). The van der Waals surface area contributed by atoms with Crippen LogP contribution in [0.2, 0.25) is 0 Å². The van der Waals surface area contributed by atoms with Crippen LogP contribution in [0.5, 0.6) is 0 Å². The largest absolute Gasteiger partial charge is 0.525 e. The molecule has 2 rings (SSSR count). The van der Waals surface area contributed by atoms with E-state index in [1.165, 1.54) is 0 Å². The Kier molecular flexibility index (Phi) is 4.15. The van der Waals surface area contributed by atoms with E-state index in [2.05, 4.69) is 0 Å². The molecule has 0 amide bonds. The predicted molar refractivity (Wildman–Crippen MR) is 74.1 cm³/mol. The van der Waals surface area contributed by atoms with Crippen LogP contribution in [0, 0.1) is 5.41 Å². The fraction of sp³-hybridized carbons (Fsp3) is 0.786. The Morgan fingerprint density at radius 2 is 1.68 bits per heavy atom. The van der Waals surface area contributed by atoms with Crippen molar-refractivity contribution in [2.45, 2.75) is 64.6 Å². The SMILES string of the molecule is CC1(C)OB(C(F)=C2CC(CC(F)F)(C(=O)O)C2)OC1(C)C. The lowest BCUT2D eigenvalue weighted by atomic mass is 9.61. The highest BCUT2D eigenvalue weighted by atomic mass is 19.3. The summed E-state index contributed by atoms with van der Waals surface area (Å²) in [4.78, 5) is 11.2. The van der Waals surface area contributed by atoms with Gasteiger partial charge in [0.15, 0.2) is 0 Å². The van der Waals surface area contributed by atoms with Crippen LogP contribution >= 0.6 is 0 Å². The van der Waals surface area contributed by atoms with Gasteiger partial charge in [-0.25, -0.2) is 13.2 Å². The van der Waals surface area contributed by atoms with E-state index in [1.807, 2.05) is 0 Å². The molecule has 2 aliphatic rings. The van der Waals surface area contributed by atoms with E-state index in [0.717, 1.165) is 0 Å². The highest BCUT2D eigenvalue weighted by molar-refractivity contribution is 6.54. The van der Waals surface area contributed by atoms with E-state index >= 15 is 0 Å². The van der Waals surface area contributed by atoms with E-state index in [9.17, 15) is 18.0 Å². The summed E-state index contributed by atoms with van der Waals surface area (Å²) in [5.74, 6) is -1.32. The Balaban J connectivity index is 2.13. The number of hydrogen-bond acceptors (Lipinski definition) is 3. The highest BCUT2D eigenvalue weighted by Gasteiger charge is 2.56. The molecule has 1 aliphatic carbocycles. The summed E-state index contributed by atoms with van der Waals surface area (Å²) in [7, 11) is -1.21. The molecule has 2 fully saturated rings. The number of carbonyl (C=O) groups is 1. The molecule has 0 unspecified atom stereocenters. The van der Waals surface area contributed by atoms with Crippen LogP contribution in [0.1, 0.15) is 47.0 Å². The van der Waals surface area contributed by atoms with Gasteiger partial charge in [0.2, 0.25) is 6.43 Å². The second kappa shape index (κ2) is 5.27. The number of aliphatic carboxylic acids is 1. The van der Waals surface area contributed by atoms with Crippen molar-refractivity contribution in [3.63, 3.8) is 0 Å². The molecule has 1 N–H and O–H groups in total. The molecule has 0 aromatic heterocycles. The van der Waals surface area contributed by atoms with Crippen molar-refractivity contribution in [2.24, 2.45) is 5.41 Å². The number of hydrogen-bond donors (Lipinski definition) is 1. The van der Waals surface area contributed by atoms with Crippen molar-refractivity contribution in [1.82, 2.24) is 0 Å². The van der Waals surface area contributed by atoms with Gasteiger partial charge in [-0.05, 0) is 46.1 Å². The second-order valence-corrected chi connectivity index (χ2v) is 7.07. The van der Waals surface area contributed by atoms with Crippen molar-refractivity contribution < 1.29 is 32.4 Å². The molecule has 1 heterocycles. The molecule has 0 aromatic carbocycles. The molecule has 4 nitrogen and oxygen atoms in total. The Labute approximate surface area is 127 Å². The van der Waals surface area contributed by atoms with Crippen LogP contribution in [0.25, 0.3) is 0 Å². The van der Waals surface area contributed by atoms with Crippen molar-refractivity contribution >= 4 is 13.1 Å². The van der Waals surface area contributed by atoms with E-state index in [1.54, 1.807) is 27.7 Å². The first-order valence-electron chi connectivity index (χ1n) is 7.15. The molecule has 1 aliphatic heterocycles. The zero-order chi connectivity index (χ0) is 16.9. The summed E-state index contributed by atoms with van der Waals surface area (Å²) in [6.45, 7) is 7.07. The zero-order valence-corrected chi connectivity index (χ0v) is 13.1. The Morgan fingerprint density at radius 3 is 2.05 bits per heavy atom. The fourth-order valence-corrected chi connectivity index (χ4v) is 2.73. The Bertz CT molecular complexity index is 492. The van der Waals surface area contributed by atoms with Gasteiger partial charge >= 0.3 is 13.1 Å². The lowest BCUT2D eigenvalue weighted by Gasteiger charge is -2.40. The molecular weight excluding hydrogens is 300 g/mol. The van der Waals surface area contributed by atoms with Gasteiger partial charge in [0.05, 0.1) is 16.6 Å². The fourth-order valence-electron chi connectivity index (χ4n) is 2.73. The molecule has 1 saturated heterocycles. The molecule has 0 spiro atoms. The van der Waals surface area contributed by atoms with E-state index in [0.29, 0.717) is 0 Å². The zero-order valence-electron chi connectivity index (χ0n) is 13.1. The lowest BCUT2D eigenvalue weighted by Crippen LogP contribution is -2.42. The van der Waals surface area contributed by atoms with E-state index in [-0.39, 0.29) is 18.4 Å². The van der Waals surface area contributed by atoms with E-state index in [4.69, 9.17) is 14.4 Å². The Hall–Kier alpha value is -1.02. The molecule has 124 valence electrons. The highest BCUT2D eigenvalue weighted by Crippen LogP contribution is 2.52. The Morgan fingerprint density at radius 1 is 1.23 bits per heavy atom. The quantitative estimate of drug-likeness (QED) is 0.807. The van der Waals surface area contributed by atoms with Gasteiger partial charge in [-0.3, -0.25) is 4.79 Å². The summed E-state index contributed by atoms with van der Waals surface area (Å²) < 4.78 is 50.6. The summed E-state index contributed by atoms with van der Waals surface area (Å²) in [6, 6.07) is 0. The third-order valence-electron chi connectivity index (χ3n) is 4.90. The molecule has 0 aromatic rings. The van der Waals surface area contributed by atoms with Gasteiger partial charge < -0.3 is 14.4 Å². The van der Waals surface area contributed by atoms with E-state index < -0.39 is 48.3 Å². The normalized spacial score (nSPS) is 29.6. The lowest BCUT2D eigenvalue weighted by molar-refractivity contribution is -0.154. The average Bonchev–Trinajstić information content (AvgIpc) is 2.51. The molecule has 1 saturated carbocycles. The van der Waals surface area contributed by atoms with Gasteiger partial charge in [-0.15, -0.1) is 0 Å². The van der Waals surface area contributed by atoms with Crippen molar-refractivity contribution in [3.05, 3.63) is 11.3 Å².